The summed E-state index contributed by atoms with van der Waals surface area (Å²) in [6.07, 6.45) is 0.518. The Morgan fingerprint density at radius 3 is 2.94 bits per heavy atom. The highest BCUT2D eigenvalue weighted by molar-refractivity contribution is 8.00. The van der Waals surface area contributed by atoms with Crippen molar-refractivity contribution in [3.05, 3.63) is 23.8 Å². The summed E-state index contributed by atoms with van der Waals surface area (Å²) in [5.74, 6) is 0.0211. The highest BCUT2D eigenvalue weighted by Crippen LogP contribution is 2.47. The number of rotatable bonds is 4. The lowest BCUT2D eigenvalue weighted by Crippen LogP contribution is -2.18. The van der Waals surface area contributed by atoms with E-state index in [0.717, 1.165) is 16.2 Å². The molecule has 1 aliphatic rings. The molecule has 1 aromatic carbocycles. The van der Waals surface area contributed by atoms with Crippen molar-refractivity contribution in [2.24, 2.45) is 5.73 Å². The molecule has 0 radical (unpaired) electrons. The smallest absolute Gasteiger partial charge is 0.303 e. The van der Waals surface area contributed by atoms with E-state index in [9.17, 15) is 4.79 Å². The topological polar surface area (TPSA) is 72.5 Å². The first-order chi connectivity index (χ1) is 8.37. The molecule has 4 nitrogen and oxygen atoms in total. The monoisotopic (exact) mass is 267 g/mol. The van der Waals surface area contributed by atoms with Crippen LogP contribution in [-0.2, 0) is 4.79 Å². The predicted molar refractivity (Wildman–Crippen MR) is 70.8 cm³/mol. The second-order valence-electron chi connectivity index (χ2n) is 4.85. The van der Waals surface area contributed by atoms with E-state index < -0.39 is 5.97 Å². The fourth-order valence-electron chi connectivity index (χ4n) is 1.92. The van der Waals surface area contributed by atoms with E-state index >= 15 is 0 Å². The molecule has 98 valence electrons. The third kappa shape index (κ3) is 2.97. The molecule has 1 unspecified atom stereocenters. The number of carboxylic acid groups (broad SMARTS) is 1. The number of carboxylic acids is 1. The van der Waals surface area contributed by atoms with Gasteiger partial charge in [-0.25, -0.2) is 0 Å². The molecule has 0 spiro atoms. The summed E-state index contributed by atoms with van der Waals surface area (Å²) >= 11 is 1.67. The number of carbonyl (C=O) groups is 1. The lowest BCUT2D eigenvalue weighted by Gasteiger charge is -2.16. The Balaban J connectivity index is 2.11. The molecule has 5 heteroatoms. The van der Waals surface area contributed by atoms with Crippen LogP contribution in [0.5, 0.6) is 5.75 Å². The maximum Gasteiger partial charge on any atom is 0.303 e. The number of aliphatic carboxylic acids is 1. The molecule has 1 atom stereocenters. The molecule has 18 heavy (non-hydrogen) atoms. The van der Waals surface area contributed by atoms with Crippen LogP contribution in [-0.4, -0.2) is 16.0 Å². The number of nitrogens with two attached hydrogens (primary N) is 1. The standard InChI is InChI=1S/C13H17NO3S/c1-13(2)17-10-7-8(3-5-11(10)18-13)9(14)4-6-12(15)16/h3,5,7,9H,4,6,14H2,1-2H3,(H,15,16). The summed E-state index contributed by atoms with van der Waals surface area (Å²) in [4.78, 5) is 11.4. The largest absolute Gasteiger partial charge is 0.481 e. The summed E-state index contributed by atoms with van der Waals surface area (Å²) in [6, 6.07) is 5.60. The van der Waals surface area contributed by atoms with Gasteiger partial charge < -0.3 is 15.6 Å². The van der Waals surface area contributed by atoms with Gasteiger partial charge in [0, 0.05) is 12.5 Å². The molecule has 0 saturated heterocycles. The van der Waals surface area contributed by atoms with Gasteiger partial charge in [-0.05, 0) is 38.0 Å². The third-order valence-electron chi connectivity index (χ3n) is 2.78. The molecule has 1 heterocycles. The Bertz CT molecular complexity index is 473. The van der Waals surface area contributed by atoms with Gasteiger partial charge in [0.15, 0.2) is 4.93 Å². The summed E-state index contributed by atoms with van der Waals surface area (Å²) < 4.78 is 5.80. The van der Waals surface area contributed by atoms with Crippen LogP contribution in [0, 0.1) is 0 Å². The second-order valence-corrected chi connectivity index (χ2v) is 6.48. The van der Waals surface area contributed by atoms with Crippen LogP contribution in [0.3, 0.4) is 0 Å². The molecule has 0 saturated carbocycles. The SMILES string of the molecule is CC1(C)Oc2cc(C(N)CCC(=O)O)ccc2S1. The lowest BCUT2D eigenvalue weighted by molar-refractivity contribution is -0.137. The van der Waals surface area contributed by atoms with Crippen LogP contribution in [0.15, 0.2) is 23.1 Å². The minimum Gasteiger partial charge on any atom is -0.481 e. The van der Waals surface area contributed by atoms with Crippen molar-refractivity contribution >= 4 is 17.7 Å². The van der Waals surface area contributed by atoms with Gasteiger partial charge in [-0.15, -0.1) is 0 Å². The van der Waals surface area contributed by atoms with Gasteiger partial charge in [-0.1, -0.05) is 17.8 Å². The summed E-state index contributed by atoms with van der Waals surface area (Å²) in [5, 5.41) is 8.65. The molecular formula is C13H17NO3S. The molecule has 1 aromatic rings. The summed E-state index contributed by atoms with van der Waals surface area (Å²) in [6.45, 7) is 4.03. The minimum atomic E-state index is -0.820. The predicted octanol–water partition coefficient (Wildman–Crippen LogP) is 2.77. The molecule has 0 amide bonds. The average Bonchev–Trinajstić information content (AvgIpc) is 2.58. The fraction of sp³-hybridized carbons (Fsp3) is 0.462. The second kappa shape index (κ2) is 4.82. The van der Waals surface area contributed by atoms with Gasteiger partial charge in [-0.2, -0.15) is 0 Å². The fourth-order valence-corrected chi connectivity index (χ4v) is 2.91. The van der Waals surface area contributed by atoms with E-state index in [4.69, 9.17) is 15.6 Å². The van der Waals surface area contributed by atoms with Crippen LogP contribution in [0.1, 0.15) is 38.3 Å². The number of ether oxygens (including phenoxy) is 1. The van der Waals surface area contributed by atoms with E-state index in [2.05, 4.69) is 0 Å². The van der Waals surface area contributed by atoms with Crippen LogP contribution in [0.4, 0.5) is 0 Å². The van der Waals surface area contributed by atoms with Crippen molar-refractivity contribution in [2.75, 3.05) is 0 Å². The Morgan fingerprint density at radius 2 is 2.28 bits per heavy atom. The normalized spacial score (nSPS) is 17.9. The van der Waals surface area contributed by atoms with E-state index in [0.29, 0.717) is 6.42 Å². The molecule has 0 fully saturated rings. The minimum absolute atomic E-state index is 0.0827. The molecule has 0 bridgehead atoms. The zero-order chi connectivity index (χ0) is 13.3. The lowest BCUT2D eigenvalue weighted by atomic mass is 10.0. The van der Waals surface area contributed by atoms with Crippen molar-refractivity contribution in [3.63, 3.8) is 0 Å². The van der Waals surface area contributed by atoms with Crippen molar-refractivity contribution < 1.29 is 14.6 Å². The highest BCUT2D eigenvalue weighted by Gasteiger charge is 2.31. The summed E-state index contributed by atoms with van der Waals surface area (Å²) in [7, 11) is 0. The number of hydrogen-bond acceptors (Lipinski definition) is 4. The molecule has 1 aliphatic heterocycles. The highest BCUT2D eigenvalue weighted by atomic mass is 32.2. The van der Waals surface area contributed by atoms with Gasteiger partial charge >= 0.3 is 5.97 Å². The molecular weight excluding hydrogens is 250 g/mol. The van der Waals surface area contributed by atoms with Crippen LogP contribution in [0.2, 0.25) is 0 Å². The van der Waals surface area contributed by atoms with Crippen molar-refractivity contribution in [1.82, 2.24) is 0 Å². The van der Waals surface area contributed by atoms with E-state index in [1.165, 1.54) is 0 Å². The van der Waals surface area contributed by atoms with Crippen molar-refractivity contribution in [3.8, 4) is 5.75 Å². The van der Waals surface area contributed by atoms with Gasteiger partial charge in [-0.3, -0.25) is 4.79 Å². The van der Waals surface area contributed by atoms with Crippen molar-refractivity contribution in [1.29, 1.82) is 0 Å². The van der Waals surface area contributed by atoms with Gasteiger partial charge in [0.1, 0.15) is 5.75 Å². The van der Waals surface area contributed by atoms with Crippen LogP contribution < -0.4 is 10.5 Å². The van der Waals surface area contributed by atoms with E-state index in [-0.39, 0.29) is 17.4 Å². The third-order valence-corrected chi connectivity index (χ3v) is 3.91. The Kier molecular flexibility index (Phi) is 3.54. The zero-order valence-corrected chi connectivity index (χ0v) is 11.3. The first-order valence-corrected chi connectivity index (χ1v) is 6.68. The average molecular weight is 267 g/mol. The number of hydrogen-bond donors (Lipinski definition) is 2. The number of thioether (sulfide) groups is 1. The Morgan fingerprint density at radius 1 is 1.56 bits per heavy atom. The molecule has 0 aliphatic carbocycles. The van der Waals surface area contributed by atoms with E-state index in [1.54, 1.807) is 11.8 Å². The number of fused-ring (bicyclic) bond motifs is 1. The van der Waals surface area contributed by atoms with Gasteiger partial charge in [0.05, 0.1) is 4.90 Å². The summed E-state index contributed by atoms with van der Waals surface area (Å²) in [5.41, 5.74) is 6.90. The molecule has 2 rings (SSSR count). The molecule has 0 aromatic heterocycles. The Labute approximate surface area is 111 Å². The zero-order valence-electron chi connectivity index (χ0n) is 10.5. The number of benzene rings is 1. The first-order valence-electron chi connectivity index (χ1n) is 5.87. The van der Waals surface area contributed by atoms with Crippen LogP contribution >= 0.6 is 11.8 Å². The van der Waals surface area contributed by atoms with Gasteiger partial charge in [0.25, 0.3) is 0 Å². The van der Waals surface area contributed by atoms with Gasteiger partial charge in [0.2, 0.25) is 0 Å². The maximum atomic E-state index is 10.5. The quantitative estimate of drug-likeness (QED) is 0.877. The molecule has 3 N–H and O–H groups in total. The Hall–Kier alpha value is -1.20. The maximum absolute atomic E-state index is 10.5. The van der Waals surface area contributed by atoms with Crippen LogP contribution in [0.25, 0.3) is 0 Å². The first kappa shape index (κ1) is 13.2. The van der Waals surface area contributed by atoms with Crippen molar-refractivity contribution in [2.45, 2.75) is 42.6 Å². The van der Waals surface area contributed by atoms with E-state index in [1.807, 2.05) is 32.0 Å².